The summed E-state index contributed by atoms with van der Waals surface area (Å²) in [5.41, 5.74) is 3.65. The van der Waals surface area contributed by atoms with Crippen molar-refractivity contribution in [2.75, 3.05) is 27.7 Å². The fourth-order valence-corrected chi connectivity index (χ4v) is 2.00. The topological polar surface area (TPSA) is 67.8 Å². The van der Waals surface area contributed by atoms with Gasteiger partial charge in [-0.3, -0.25) is 4.74 Å². The molecule has 1 aromatic carbocycles. The third-order valence-corrected chi connectivity index (χ3v) is 2.81. The molecule has 0 radical (unpaired) electrons. The molecule has 0 aromatic heterocycles. The third kappa shape index (κ3) is 7.52. The number of benzene rings is 1. The number of hydrogen-bond donors (Lipinski definition) is 2. The van der Waals surface area contributed by atoms with Crippen LogP contribution >= 0.6 is 0 Å². The van der Waals surface area contributed by atoms with Crippen molar-refractivity contribution in [1.29, 1.82) is 0 Å². The molecule has 1 rings (SSSR count). The maximum Gasteiger partial charge on any atom is 0.214 e. The molecule has 21 heavy (non-hydrogen) atoms. The Bertz CT molecular complexity index is 410. The summed E-state index contributed by atoms with van der Waals surface area (Å²) in [6.45, 7) is 4.72. The minimum absolute atomic E-state index is 0.215. The van der Waals surface area contributed by atoms with E-state index >= 15 is 0 Å². The van der Waals surface area contributed by atoms with Crippen molar-refractivity contribution in [3.63, 3.8) is 0 Å². The molecule has 0 aliphatic carbocycles. The van der Waals surface area contributed by atoms with Crippen LogP contribution in [0.5, 0.6) is 0 Å². The second kappa shape index (κ2) is 9.09. The molecule has 0 aliphatic rings. The van der Waals surface area contributed by atoms with Crippen LogP contribution in [0.15, 0.2) is 24.3 Å². The monoisotopic (exact) mass is 299 g/mol. The van der Waals surface area contributed by atoms with Gasteiger partial charge in [0.2, 0.25) is 5.72 Å². The summed E-state index contributed by atoms with van der Waals surface area (Å²) in [7, 11) is 3.92. The number of quaternary nitrogens is 1. The predicted octanol–water partition coefficient (Wildman–Crippen LogP) is 0.420. The molecule has 0 amide bonds. The Balaban J connectivity index is 2.39. The van der Waals surface area contributed by atoms with Crippen molar-refractivity contribution >= 4 is 0 Å². The Kier molecular flexibility index (Phi) is 7.81. The molecule has 1 aromatic rings. The molecule has 120 valence electrons. The number of nitrogens with two attached hydrogens (primary N) is 1. The zero-order chi connectivity index (χ0) is 15.7. The average Bonchev–Trinajstić information content (AvgIpc) is 2.41. The lowest BCUT2D eigenvalue weighted by molar-refractivity contribution is -0.877. The summed E-state index contributed by atoms with van der Waals surface area (Å²) in [5.74, 6) is 0. The fourth-order valence-electron chi connectivity index (χ4n) is 2.00. The molecule has 6 heteroatoms. The molecule has 0 saturated carbocycles. The van der Waals surface area contributed by atoms with Gasteiger partial charge in [-0.2, -0.15) is 5.01 Å². The first kappa shape index (κ1) is 18.0. The van der Waals surface area contributed by atoms with Crippen LogP contribution in [0.25, 0.3) is 0 Å². The zero-order valence-electron chi connectivity index (χ0n) is 13.3. The van der Waals surface area contributed by atoms with Crippen LogP contribution < -0.4 is 5.43 Å². The molecule has 3 N–H and O–H groups in total. The van der Waals surface area contributed by atoms with Crippen LogP contribution in [0, 0.1) is 0 Å². The van der Waals surface area contributed by atoms with E-state index in [0.717, 1.165) is 11.1 Å². The summed E-state index contributed by atoms with van der Waals surface area (Å²) in [6, 6.07) is 7.82. The Labute approximate surface area is 126 Å². The van der Waals surface area contributed by atoms with Crippen molar-refractivity contribution in [2.24, 2.45) is 0 Å². The molecular formula is C15H27N2O4+. The first-order valence-corrected chi connectivity index (χ1v) is 6.94. The van der Waals surface area contributed by atoms with Crippen LogP contribution in [-0.2, 0) is 27.4 Å². The SMILES string of the molecule is CN(C)[NH2+]C(C)(C)OCOCc1ccccc1COCO. The zero-order valence-corrected chi connectivity index (χ0v) is 13.3. The first-order chi connectivity index (χ1) is 9.94. The van der Waals surface area contributed by atoms with Gasteiger partial charge in [0.25, 0.3) is 0 Å². The van der Waals surface area contributed by atoms with Gasteiger partial charge in [0.15, 0.2) is 6.79 Å². The number of aliphatic hydroxyl groups excluding tert-OH is 1. The van der Waals surface area contributed by atoms with E-state index < -0.39 is 0 Å². The summed E-state index contributed by atoms with van der Waals surface area (Å²) in [5, 5.41) is 10.7. The normalized spacial score (nSPS) is 12.1. The van der Waals surface area contributed by atoms with E-state index in [4.69, 9.17) is 19.3 Å². The van der Waals surface area contributed by atoms with Crippen molar-refractivity contribution in [1.82, 2.24) is 5.01 Å². The van der Waals surface area contributed by atoms with E-state index in [9.17, 15) is 0 Å². The summed E-state index contributed by atoms with van der Waals surface area (Å²) < 4.78 is 16.3. The molecule has 0 aliphatic heterocycles. The Hall–Kier alpha value is -1.02. The van der Waals surface area contributed by atoms with Crippen LogP contribution in [0.1, 0.15) is 25.0 Å². The maximum absolute atomic E-state index is 8.71. The maximum atomic E-state index is 8.71. The van der Waals surface area contributed by atoms with Gasteiger partial charge in [0.1, 0.15) is 6.79 Å². The molecule has 0 unspecified atom stereocenters. The summed E-state index contributed by atoms with van der Waals surface area (Å²) >= 11 is 0. The lowest BCUT2D eigenvalue weighted by atomic mass is 10.1. The van der Waals surface area contributed by atoms with Crippen molar-refractivity contribution in [3.8, 4) is 0 Å². The van der Waals surface area contributed by atoms with Crippen LogP contribution in [0.3, 0.4) is 0 Å². The van der Waals surface area contributed by atoms with Gasteiger partial charge < -0.3 is 14.6 Å². The lowest BCUT2D eigenvalue weighted by Gasteiger charge is -2.25. The Morgan fingerprint density at radius 2 is 1.67 bits per heavy atom. The highest BCUT2D eigenvalue weighted by Gasteiger charge is 2.23. The molecule has 0 heterocycles. The molecule has 0 bridgehead atoms. The largest absolute Gasteiger partial charge is 0.371 e. The van der Waals surface area contributed by atoms with E-state index in [1.54, 1.807) is 0 Å². The van der Waals surface area contributed by atoms with Crippen molar-refractivity contribution in [3.05, 3.63) is 35.4 Å². The standard InChI is InChI=1S/C15H26N2O4/c1-15(2,16-17(3)4)21-12-20-10-14-8-6-5-7-13(14)9-19-11-18/h5-8,16,18H,9-12H2,1-4H3/p+1. The number of hydrogen-bond acceptors (Lipinski definition) is 5. The van der Waals surface area contributed by atoms with E-state index in [-0.39, 0.29) is 19.3 Å². The van der Waals surface area contributed by atoms with Crippen LogP contribution in [-0.4, -0.2) is 43.5 Å². The second-order valence-electron chi connectivity index (χ2n) is 5.55. The molecule has 0 fully saturated rings. The number of ether oxygens (including phenoxy) is 3. The summed E-state index contributed by atoms with van der Waals surface area (Å²) in [6.07, 6.45) is 0. The summed E-state index contributed by atoms with van der Waals surface area (Å²) in [4.78, 5) is 0. The van der Waals surface area contributed by atoms with Gasteiger partial charge >= 0.3 is 0 Å². The van der Waals surface area contributed by atoms with Gasteiger partial charge in [-0.15, -0.1) is 0 Å². The molecule has 6 nitrogen and oxygen atoms in total. The molecule has 0 saturated heterocycles. The second-order valence-corrected chi connectivity index (χ2v) is 5.55. The van der Waals surface area contributed by atoms with E-state index in [1.165, 1.54) is 0 Å². The Morgan fingerprint density at radius 1 is 1.10 bits per heavy atom. The third-order valence-electron chi connectivity index (χ3n) is 2.81. The molecule has 0 spiro atoms. The van der Waals surface area contributed by atoms with E-state index in [2.05, 4.69) is 0 Å². The quantitative estimate of drug-likeness (QED) is 0.284. The van der Waals surface area contributed by atoms with E-state index in [0.29, 0.717) is 13.2 Å². The van der Waals surface area contributed by atoms with Gasteiger partial charge in [-0.05, 0) is 11.1 Å². The highest BCUT2D eigenvalue weighted by atomic mass is 16.7. The van der Waals surface area contributed by atoms with Crippen LogP contribution in [0.4, 0.5) is 0 Å². The highest BCUT2D eigenvalue weighted by molar-refractivity contribution is 5.25. The van der Waals surface area contributed by atoms with Gasteiger partial charge in [0.05, 0.1) is 13.2 Å². The average molecular weight is 299 g/mol. The minimum atomic E-state index is -0.372. The number of rotatable bonds is 10. The van der Waals surface area contributed by atoms with Gasteiger partial charge in [0, 0.05) is 27.9 Å². The molecule has 0 atom stereocenters. The minimum Gasteiger partial charge on any atom is -0.371 e. The fraction of sp³-hybridized carbons (Fsp3) is 0.600. The van der Waals surface area contributed by atoms with Crippen molar-refractivity contribution < 1.29 is 24.7 Å². The number of nitrogens with zero attached hydrogens (tertiary/aromatic N) is 1. The lowest BCUT2D eigenvalue weighted by Crippen LogP contribution is -3.01. The number of aliphatic hydroxyl groups is 1. The Morgan fingerprint density at radius 3 is 2.19 bits per heavy atom. The molecular weight excluding hydrogens is 272 g/mol. The van der Waals surface area contributed by atoms with Gasteiger partial charge in [-0.1, -0.05) is 24.3 Å². The van der Waals surface area contributed by atoms with Crippen LogP contribution in [0.2, 0.25) is 0 Å². The van der Waals surface area contributed by atoms with Gasteiger partial charge in [-0.25, -0.2) is 5.43 Å². The smallest absolute Gasteiger partial charge is 0.214 e. The predicted molar refractivity (Wildman–Crippen MR) is 78.7 cm³/mol. The highest BCUT2D eigenvalue weighted by Crippen LogP contribution is 2.11. The van der Waals surface area contributed by atoms with Crippen molar-refractivity contribution in [2.45, 2.75) is 32.8 Å². The van der Waals surface area contributed by atoms with E-state index in [1.807, 2.05) is 62.6 Å². The first-order valence-electron chi connectivity index (χ1n) is 6.94.